The maximum Gasteiger partial charge on any atom is 0.307 e. The van der Waals surface area contributed by atoms with Crippen LogP contribution >= 0.6 is 0 Å². The zero-order chi connectivity index (χ0) is 12.3. The molecule has 0 radical (unpaired) electrons. The molecule has 1 aromatic rings. The second kappa shape index (κ2) is 5.07. The first-order chi connectivity index (χ1) is 8.20. The van der Waals surface area contributed by atoms with Crippen molar-refractivity contribution >= 4 is 12.0 Å². The van der Waals surface area contributed by atoms with Crippen molar-refractivity contribution in [2.75, 3.05) is 0 Å². The van der Waals surface area contributed by atoms with Gasteiger partial charge in [0, 0.05) is 6.42 Å². The van der Waals surface area contributed by atoms with E-state index < -0.39 is 4.92 Å². The molecule has 92 valence electrons. The molecule has 0 N–H and O–H groups in total. The number of hydrogen-bond acceptors (Lipinski definition) is 4. The first kappa shape index (κ1) is 11.8. The summed E-state index contributed by atoms with van der Waals surface area (Å²) in [6.07, 6.45) is 8.26. The van der Waals surface area contributed by atoms with Crippen LogP contribution in [0.4, 0.5) is 5.69 Å². The molecule has 0 atom stereocenters. The number of hydrogen-bond donors (Lipinski definition) is 0. The summed E-state index contributed by atoms with van der Waals surface area (Å²) in [5, 5.41) is 14.6. The lowest BCUT2D eigenvalue weighted by molar-refractivity contribution is -0.385. The zero-order valence-corrected chi connectivity index (χ0v) is 9.49. The number of aromatic nitrogens is 2. The van der Waals surface area contributed by atoms with Gasteiger partial charge in [0.15, 0.2) is 0 Å². The fourth-order valence-corrected chi connectivity index (χ4v) is 2.40. The number of nitro groups is 1. The van der Waals surface area contributed by atoms with Crippen LogP contribution in [0.25, 0.3) is 0 Å². The molecule has 1 heterocycles. The molecular formula is C11H15N3O3. The van der Waals surface area contributed by atoms with E-state index in [1.54, 1.807) is 4.68 Å². The summed E-state index contributed by atoms with van der Waals surface area (Å²) in [7, 11) is 0. The number of aldehydes is 1. The van der Waals surface area contributed by atoms with Gasteiger partial charge < -0.3 is 4.79 Å². The number of nitrogens with zero attached hydrogens (tertiary/aromatic N) is 3. The van der Waals surface area contributed by atoms with E-state index in [1.807, 2.05) is 0 Å². The summed E-state index contributed by atoms with van der Waals surface area (Å²) in [6, 6.07) is 0.242. The van der Waals surface area contributed by atoms with E-state index >= 15 is 0 Å². The molecule has 0 unspecified atom stereocenters. The average Bonchev–Trinajstić information content (AvgIpc) is 2.80. The minimum Gasteiger partial charge on any atom is -0.303 e. The van der Waals surface area contributed by atoms with E-state index in [2.05, 4.69) is 5.10 Å². The Bertz CT molecular complexity index is 408. The van der Waals surface area contributed by atoms with Gasteiger partial charge in [-0.15, -0.1) is 0 Å². The van der Waals surface area contributed by atoms with Gasteiger partial charge in [-0.2, -0.15) is 5.10 Å². The molecular weight excluding hydrogens is 222 g/mol. The van der Waals surface area contributed by atoms with Crippen molar-refractivity contribution in [2.45, 2.75) is 38.1 Å². The lowest BCUT2D eigenvalue weighted by Gasteiger charge is -2.27. The predicted octanol–water partition coefficient (Wildman–Crippen LogP) is 2.11. The summed E-state index contributed by atoms with van der Waals surface area (Å²) in [4.78, 5) is 20.5. The monoisotopic (exact) mass is 237 g/mol. The van der Waals surface area contributed by atoms with E-state index in [0.717, 1.165) is 32.0 Å². The largest absolute Gasteiger partial charge is 0.307 e. The molecule has 0 bridgehead atoms. The van der Waals surface area contributed by atoms with Crippen molar-refractivity contribution < 1.29 is 9.72 Å². The standard InChI is InChI=1S/C11H15N3O3/c15-6-5-9-1-3-10(4-2-9)13-8-11(7-12-13)14(16)17/h6-10H,1-5H2/t9-,10-. The molecule has 1 saturated carbocycles. The molecule has 1 aliphatic carbocycles. The van der Waals surface area contributed by atoms with E-state index in [0.29, 0.717) is 12.3 Å². The van der Waals surface area contributed by atoms with Crippen molar-refractivity contribution in [3.05, 3.63) is 22.5 Å². The van der Waals surface area contributed by atoms with Gasteiger partial charge in [0.25, 0.3) is 0 Å². The molecule has 0 amide bonds. The molecule has 17 heavy (non-hydrogen) atoms. The molecule has 2 rings (SSSR count). The molecule has 6 nitrogen and oxygen atoms in total. The third-order valence-corrected chi connectivity index (χ3v) is 3.42. The molecule has 0 aliphatic heterocycles. The first-order valence-electron chi connectivity index (χ1n) is 5.83. The molecule has 1 aromatic heterocycles. The summed E-state index contributed by atoms with van der Waals surface area (Å²) < 4.78 is 1.69. The highest BCUT2D eigenvalue weighted by atomic mass is 16.6. The summed E-state index contributed by atoms with van der Waals surface area (Å²) in [5.41, 5.74) is 0.0417. The van der Waals surface area contributed by atoms with Crippen molar-refractivity contribution in [3.8, 4) is 0 Å². The molecule has 0 saturated heterocycles. The maximum atomic E-state index is 10.5. The normalized spacial score (nSPS) is 24.5. The van der Waals surface area contributed by atoms with E-state index in [1.165, 1.54) is 12.4 Å². The molecule has 1 fully saturated rings. The lowest BCUT2D eigenvalue weighted by Crippen LogP contribution is -2.18. The fraction of sp³-hybridized carbons (Fsp3) is 0.636. The number of carbonyl (C=O) groups excluding carboxylic acids is 1. The highest BCUT2D eigenvalue weighted by Crippen LogP contribution is 2.33. The van der Waals surface area contributed by atoms with Crippen LogP contribution in [-0.4, -0.2) is 21.0 Å². The SMILES string of the molecule is O=CC[C@H]1CC[C@H](n2cc([N+](=O)[O-])cn2)CC1. The molecule has 6 heteroatoms. The van der Waals surface area contributed by atoms with Gasteiger partial charge in [-0.3, -0.25) is 14.8 Å². The first-order valence-corrected chi connectivity index (χ1v) is 5.83. The Morgan fingerprint density at radius 1 is 1.47 bits per heavy atom. The van der Waals surface area contributed by atoms with Crippen LogP contribution in [0.15, 0.2) is 12.4 Å². The van der Waals surface area contributed by atoms with Crippen LogP contribution < -0.4 is 0 Å². The van der Waals surface area contributed by atoms with Crippen LogP contribution in [0.2, 0.25) is 0 Å². The average molecular weight is 237 g/mol. The van der Waals surface area contributed by atoms with Gasteiger partial charge in [-0.25, -0.2) is 0 Å². The summed E-state index contributed by atoms with van der Waals surface area (Å²) >= 11 is 0. The van der Waals surface area contributed by atoms with E-state index in [9.17, 15) is 14.9 Å². The maximum absolute atomic E-state index is 10.5. The van der Waals surface area contributed by atoms with Crippen LogP contribution in [0, 0.1) is 16.0 Å². The van der Waals surface area contributed by atoms with Gasteiger partial charge in [0.05, 0.1) is 11.0 Å². The Labute approximate surface area is 98.8 Å². The Morgan fingerprint density at radius 2 is 2.18 bits per heavy atom. The minimum atomic E-state index is -0.429. The molecule has 0 spiro atoms. The molecule has 0 aromatic carbocycles. The van der Waals surface area contributed by atoms with Crippen molar-refractivity contribution in [2.24, 2.45) is 5.92 Å². The Balaban J connectivity index is 1.95. The highest BCUT2D eigenvalue weighted by molar-refractivity contribution is 5.49. The van der Waals surface area contributed by atoms with Gasteiger partial charge in [-0.1, -0.05) is 0 Å². The van der Waals surface area contributed by atoms with Gasteiger partial charge in [0.2, 0.25) is 0 Å². The van der Waals surface area contributed by atoms with Crippen LogP contribution in [0.5, 0.6) is 0 Å². The Hall–Kier alpha value is -1.72. The topological polar surface area (TPSA) is 78.0 Å². The minimum absolute atomic E-state index is 0.0417. The van der Waals surface area contributed by atoms with Gasteiger partial charge >= 0.3 is 5.69 Å². The third-order valence-electron chi connectivity index (χ3n) is 3.42. The van der Waals surface area contributed by atoms with Crippen molar-refractivity contribution in [3.63, 3.8) is 0 Å². The highest BCUT2D eigenvalue weighted by Gasteiger charge is 2.23. The van der Waals surface area contributed by atoms with Crippen LogP contribution in [0.1, 0.15) is 38.1 Å². The Morgan fingerprint density at radius 3 is 2.71 bits per heavy atom. The van der Waals surface area contributed by atoms with Crippen LogP contribution in [0.3, 0.4) is 0 Å². The van der Waals surface area contributed by atoms with Crippen molar-refractivity contribution in [1.82, 2.24) is 9.78 Å². The number of carbonyl (C=O) groups is 1. The van der Waals surface area contributed by atoms with Crippen molar-refractivity contribution in [1.29, 1.82) is 0 Å². The van der Waals surface area contributed by atoms with Gasteiger partial charge in [0.1, 0.15) is 18.7 Å². The quantitative estimate of drug-likeness (QED) is 0.456. The lowest BCUT2D eigenvalue weighted by atomic mass is 9.84. The predicted molar refractivity (Wildman–Crippen MR) is 60.6 cm³/mol. The summed E-state index contributed by atoms with van der Waals surface area (Å²) in [6.45, 7) is 0. The van der Waals surface area contributed by atoms with E-state index in [4.69, 9.17) is 0 Å². The fourth-order valence-electron chi connectivity index (χ4n) is 2.40. The van der Waals surface area contributed by atoms with Gasteiger partial charge in [-0.05, 0) is 31.6 Å². The smallest absolute Gasteiger partial charge is 0.303 e. The second-order valence-electron chi connectivity index (χ2n) is 4.51. The number of rotatable bonds is 4. The Kier molecular flexibility index (Phi) is 3.51. The molecule has 1 aliphatic rings. The second-order valence-corrected chi connectivity index (χ2v) is 4.51. The van der Waals surface area contributed by atoms with Crippen LogP contribution in [-0.2, 0) is 4.79 Å². The van der Waals surface area contributed by atoms with E-state index in [-0.39, 0.29) is 11.7 Å². The summed E-state index contributed by atoms with van der Waals surface area (Å²) in [5.74, 6) is 0.481. The zero-order valence-electron chi connectivity index (χ0n) is 9.49. The third kappa shape index (κ3) is 2.69.